The normalized spacial score (nSPS) is 13.6. The molecule has 1 aliphatic carbocycles. The summed E-state index contributed by atoms with van der Waals surface area (Å²) >= 11 is 0. The number of benzene rings is 1. The topological polar surface area (TPSA) is 35.2 Å². The summed E-state index contributed by atoms with van der Waals surface area (Å²) < 4.78 is 5.34. The molecular formula is C12H16ClNO. The van der Waals surface area contributed by atoms with Crippen molar-refractivity contribution in [3.05, 3.63) is 35.4 Å². The number of rotatable bonds is 2. The Balaban J connectivity index is 0.00000112. The van der Waals surface area contributed by atoms with Gasteiger partial charge in [0.2, 0.25) is 0 Å². The Kier molecular flexibility index (Phi) is 4.18. The van der Waals surface area contributed by atoms with Crippen LogP contribution in [-0.2, 0) is 6.42 Å². The lowest BCUT2D eigenvalue weighted by atomic mass is 9.90. The smallest absolute Gasteiger partial charge is 0.122 e. The summed E-state index contributed by atoms with van der Waals surface area (Å²) in [5.41, 5.74) is 9.51. The fourth-order valence-corrected chi connectivity index (χ4v) is 2.01. The van der Waals surface area contributed by atoms with Gasteiger partial charge < -0.3 is 10.5 Å². The molecule has 0 bridgehead atoms. The molecule has 0 heterocycles. The van der Waals surface area contributed by atoms with Crippen molar-refractivity contribution in [3.8, 4) is 5.75 Å². The lowest BCUT2D eigenvalue weighted by Crippen LogP contribution is -2.09. The van der Waals surface area contributed by atoms with Crippen LogP contribution in [0.4, 0.5) is 0 Å². The molecule has 0 spiro atoms. The summed E-state index contributed by atoms with van der Waals surface area (Å²) in [6, 6.07) is 6.15. The van der Waals surface area contributed by atoms with E-state index in [0.717, 1.165) is 18.6 Å². The van der Waals surface area contributed by atoms with E-state index >= 15 is 0 Å². The van der Waals surface area contributed by atoms with Crippen LogP contribution >= 0.6 is 12.4 Å². The van der Waals surface area contributed by atoms with Gasteiger partial charge in [-0.05, 0) is 30.0 Å². The third-order valence-corrected chi connectivity index (χ3v) is 2.70. The minimum Gasteiger partial charge on any atom is -0.496 e. The van der Waals surface area contributed by atoms with Crippen LogP contribution in [0.5, 0.6) is 5.75 Å². The Bertz CT molecular complexity index is 374. The number of fused-ring (bicyclic) bond motifs is 1. The molecule has 0 aliphatic heterocycles. The molecule has 0 atom stereocenters. The van der Waals surface area contributed by atoms with E-state index < -0.39 is 0 Å². The number of allylic oxidation sites excluding steroid dienone is 1. The van der Waals surface area contributed by atoms with Crippen molar-refractivity contribution in [3.63, 3.8) is 0 Å². The summed E-state index contributed by atoms with van der Waals surface area (Å²) in [5, 5.41) is 0. The molecule has 15 heavy (non-hydrogen) atoms. The van der Waals surface area contributed by atoms with E-state index in [0.29, 0.717) is 6.54 Å². The van der Waals surface area contributed by atoms with Crippen LogP contribution in [0, 0.1) is 0 Å². The SMILES string of the molecule is COc1cccc2c1CCC=C2CN.Cl. The van der Waals surface area contributed by atoms with Gasteiger partial charge in [0.15, 0.2) is 0 Å². The molecule has 0 saturated carbocycles. The summed E-state index contributed by atoms with van der Waals surface area (Å²) in [6.45, 7) is 0.611. The second-order valence-corrected chi connectivity index (χ2v) is 3.46. The maximum absolute atomic E-state index is 5.70. The highest BCUT2D eigenvalue weighted by Crippen LogP contribution is 2.32. The van der Waals surface area contributed by atoms with Crippen molar-refractivity contribution < 1.29 is 4.74 Å². The molecule has 2 rings (SSSR count). The number of hydrogen-bond donors (Lipinski definition) is 1. The summed E-state index contributed by atoms with van der Waals surface area (Å²) in [5.74, 6) is 0.988. The molecule has 1 aromatic carbocycles. The van der Waals surface area contributed by atoms with Crippen molar-refractivity contribution in [2.45, 2.75) is 12.8 Å². The van der Waals surface area contributed by atoms with Gasteiger partial charge in [-0.25, -0.2) is 0 Å². The van der Waals surface area contributed by atoms with Gasteiger partial charge in [-0.1, -0.05) is 18.2 Å². The van der Waals surface area contributed by atoms with Gasteiger partial charge in [-0.2, -0.15) is 0 Å². The molecule has 2 nitrogen and oxygen atoms in total. The maximum Gasteiger partial charge on any atom is 0.122 e. The van der Waals surface area contributed by atoms with Crippen LogP contribution in [-0.4, -0.2) is 13.7 Å². The Hall–Kier alpha value is -0.990. The van der Waals surface area contributed by atoms with Gasteiger partial charge in [0, 0.05) is 12.1 Å². The number of methoxy groups -OCH3 is 1. The molecule has 0 saturated heterocycles. The third kappa shape index (κ3) is 2.16. The molecule has 0 amide bonds. The highest BCUT2D eigenvalue weighted by Gasteiger charge is 2.14. The second-order valence-electron chi connectivity index (χ2n) is 3.46. The zero-order valence-corrected chi connectivity index (χ0v) is 9.64. The van der Waals surface area contributed by atoms with E-state index in [1.807, 2.05) is 12.1 Å². The Morgan fingerprint density at radius 1 is 1.40 bits per heavy atom. The van der Waals surface area contributed by atoms with Gasteiger partial charge in [-0.3, -0.25) is 0 Å². The van der Waals surface area contributed by atoms with Crippen molar-refractivity contribution in [2.24, 2.45) is 5.73 Å². The Morgan fingerprint density at radius 3 is 2.87 bits per heavy atom. The van der Waals surface area contributed by atoms with E-state index in [2.05, 4.69) is 12.1 Å². The number of nitrogens with two attached hydrogens (primary N) is 1. The second kappa shape index (κ2) is 5.19. The molecule has 82 valence electrons. The third-order valence-electron chi connectivity index (χ3n) is 2.70. The average Bonchev–Trinajstić information content (AvgIpc) is 2.27. The van der Waals surface area contributed by atoms with E-state index in [4.69, 9.17) is 10.5 Å². The van der Waals surface area contributed by atoms with Crippen molar-refractivity contribution >= 4 is 18.0 Å². The zero-order valence-electron chi connectivity index (χ0n) is 8.82. The average molecular weight is 226 g/mol. The first kappa shape index (κ1) is 12.1. The monoisotopic (exact) mass is 225 g/mol. The molecule has 1 aromatic rings. The summed E-state index contributed by atoms with van der Waals surface area (Å²) in [4.78, 5) is 0. The van der Waals surface area contributed by atoms with Gasteiger partial charge in [0.05, 0.1) is 7.11 Å². The molecule has 0 unspecified atom stereocenters. The summed E-state index contributed by atoms with van der Waals surface area (Å²) in [7, 11) is 1.72. The molecule has 0 aromatic heterocycles. The zero-order chi connectivity index (χ0) is 9.97. The van der Waals surface area contributed by atoms with Crippen LogP contribution < -0.4 is 10.5 Å². The Labute approximate surface area is 96.5 Å². The van der Waals surface area contributed by atoms with Crippen LogP contribution in [0.2, 0.25) is 0 Å². The molecule has 0 fully saturated rings. The van der Waals surface area contributed by atoms with Crippen LogP contribution in [0.15, 0.2) is 24.3 Å². The fraction of sp³-hybridized carbons (Fsp3) is 0.333. The van der Waals surface area contributed by atoms with Crippen LogP contribution in [0.3, 0.4) is 0 Å². The first-order valence-electron chi connectivity index (χ1n) is 4.92. The molecule has 1 aliphatic rings. The lowest BCUT2D eigenvalue weighted by Gasteiger charge is -2.19. The molecule has 2 N–H and O–H groups in total. The highest BCUT2D eigenvalue weighted by atomic mass is 35.5. The van der Waals surface area contributed by atoms with Gasteiger partial charge in [-0.15, -0.1) is 12.4 Å². The van der Waals surface area contributed by atoms with Crippen molar-refractivity contribution in [2.75, 3.05) is 13.7 Å². The van der Waals surface area contributed by atoms with Gasteiger partial charge in [0.25, 0.3) is 0 Å². The predicted molar refractivity (Wildman–Crippen MR) is 65.6 cm³/mol. The highest BCUT2D eigenvalue weighted by molar-refractivity contribution is 5.85. The lowest BCUT2D eigenvalue weighted by molar-refractivity contribution is 0.409. The van der Waals surface area contributed by atoms with Crippen molar-refractivity contribution in [1.82, 2.24) is 0 Å². The van der Waals surface area contributed by atoms with E-state index in [-0.39, 0.29) is 12.4 Å². The van der Waals surface area contributed by atoms with E-state index in [1.165, 1.54) is 16.7 Å². The quantitative estimate of drug-likeness (QED) is 0.839. The van der Waals surface area contributed by atoms with Gasteiger partial charge in [0.1, 0.15) is 5.75 Å². The van der Waals surface area contributed by atoms with E-state index in [1.54, 1.807) is 7.11 Å². The minimum atomic E-state index is 0. The maximum atomic E-state index is 5.70. The number of halogens is 1. The van der Waals surface area contributed by atoms with Gasteiger partial charge >= 0.3 is 0 Å². The number of ether oxygens (including phenoxy) is 1. The largest absolute Gasteiger partial charge is 0.496 e. The van der Waals surface area contributed by atoms with Crippen LogP contribution in [0.25, 0.3) is 5.57 Å². The number of hydrogen-bond acceptors (Lipinski definition) is 2. The van der Waals surface area contributed by atoms with Crippen LogP contribution in [0.1, 0.15) is 17.5 Å². The Morgan fingerprint density at radius 2 is 2.20 bits per heavy atom. The first-order chi connectivity index (χ1) is 6.86. The predicted octanol–water partition coefficient (Wildman–Crippen LogP) is 2.41. The first-order valence-corrected chi connectivity index (χ1v) is 4.92. The summed E-state index contributed by atoms with van der Waals surface area (Å²) in [6.07, 6.45) is 4.35. The van der Waals surface area contributed by atoms with Crippen molar-refractivity contribution in [1.29, 1.82) is 0 Å². The molecular weight excluding hydrogens is 210 g/mol. The minimum absolute atomic E-state index is 0. The molecule has 0 radical (unpaired) electrons. The van der Waals surface area contributed by atoms with E-state index in [9.17, 15) is 0 Å². The molecule has 3 heteroatoms. The fourth-order valence-electron chi connectivity index (χ4n) is 2.01. The standard InChI is InChI=1S/C12H15NO.ClH/c1-14-12-7-3-5-10-9(8-13)4-2-6-11(10)12;/h3-5,7H,2,6,8,13H2,1H3;1H.